The Morgan fingerprint density at radius 1 is 1.28 bits per heavy atom. The molecule has 8 heteroatoms. The van der Waals surface area contributed by atoms with Crippen molar-refractivity contribution in [2.75, 3.05) is 13.2 Å². The van der Waals surface area contributed by atoms with Crippen LogP contribution in [0.3, 0.4) is 0 Å². The normalized spacial score (nSPS) is 33.8. The third kappa shape index (κ3) is 3.23. The topological polar surface area (TPSA) is 105 Å². The van der Waals surface area contributed by atoms with E-state index in [1.54, 1.807) is 13.8 Å². The van der Waals surface area contributed by atoms with Crippen LogP contribution in [0.25, 0.3) is 0 Å². The van der Waals surface area contributed by atoms with E-state index < -0.39 is 41.1 Å². The van der Waals surface area contributed by atoms with Crippen molar-refractivity contribution in [3.05, 3.63) is 35.9 Å². The molecule has 1 spiro atoms. The fourth-order valence-electron chi connectivity index (χ4n) is 5.99. The van der Waals surface area contributed by atoms with E-state index in [4.69, 9.17) is 9.47 Å². The number of nitrogens with zero attached hydrogens (tertiary/aromatic N) is 1. The Morgan fingerprint density at radius 3 is 2.62 bits per heavy atom. The maximum absolute atomic E-state index is 13.7. The van der Waals surface area contributed by atoms with Gasteiger partial charge in [-0.25, -0.2) is 0 Å². The molecule has 0 aliphatic carbocycles. The molecule has 2 amide bonds. The Kier molecular flexibility index (Phi) is 6.02. The molecule has 0 aromatic heterocycles. The first-order valence-electron chi connectivity index (χ1n) is 11.5. The molecular weight excluding hydrogens is 412 g/mol. The van der Waals surface area contributed by atoms with Crippen LogP contribution < -0.4 is 5.32 Å². The Morgan fingerprint density at radius 2 is 2.00 bits per heavy atom. The van der Waals surface area contributed by atoms with Crippen molar-refractivity contribution in [1.82, 2.24) is 10.2 Å². The minimum atomic E-state index is -1.10. The lowest BCUT2D eigenvalue weighted by Gasteiger charge is -2.36. The van der Waals surface area contributed by atoms with Gasteiger partial charge in [0.15, 0.2) is 0 Å². The van der Waals surface area contributed by atoms with Crippen LogP contribution >= 0.6 is 0 Å². The number of benzene rings is 1. The zero-order valence-corrected chi connectivity index (χ0v) is 18.9. The quantitative estimate of drug-likeness (QED) is 0.588. The highest BCUT2D eigenvalue weighted by Gasteiger charge is 2.79. The largest absolute Gasteiger partial charge is 0.466 e. The Labute approximate surface area is 188 Å². The van der Waals surface area contributed by atoms with Crippen LogP contribution in [-0.4, -0.2) is 64.3 Å². The van der Waals surface area contributed by atoms with Gasteiger partial charge in [0, 0.05) is 6.54 Å². The van der Waals surface area contributed by atoms with Crippen molar-refractivity contribution in [2.24, 2.45) is 11.8 Å². The van der Waals surface area contributed by atoms with E-state index >= 15 is 0 Å². The molecule has 3 aliphatic heterocycles. The number of carbonyl (C=O) groups is 3. The maximum atomic E-state index is 13.7. The third-order valence-corrected chi connectivity index (χ3v) is 7.46. The van der Waals surface area contributed by atoms with Crippen LogP contribution in [0, 0.1) is 11.8 Å². The molecule has 3 saturated heterocycles. The number of amides is 2. The highest BCUT2D eigenvalue weighted by molar-refractivity contribution is 5.98. The fourth-order valence-corrected chi connectivity index (χ4v) is 5.99. The number of ether oxygens (including phenoxy) is 2. The average molecular weight is 445 g/mol. The van der Waals surface area contributed by atoms with Gasteiger partial charge in [0.25, 0.3) is 0 Å². The number of hydrogen-bond donors (Lipinski definition) is 2. The van der Waals surface area contributed by atoms with E-state index in [0.717, 1.165) is 5.56 Å². The second-order valence-electron chi connectivity index (χ2n) is 9.07. The SMILES string of the molecule is CCOC(=O)[C@H]1[C@H]2C(=O)N([C@H](C)CO)C(C(=O)NCc3ccccc3)C23CC[C@]1(CC)O3. The van der Waals surface area contributed by atoms with Crippen molar-refractivity contribution in [1.29, 1.82) is 0 Å². The molecule has 0 radical (unpaired) electrons. The van der Waals surface area contributed by atoms with Gasteiger partial charge in [0.1, 0.15) is 17.6 Å². The minimum absolute atomic E-state index is 0.209. The molecular formula is C24H32N2O6. The number of likely N-dealkylation sites (tertiary alicyclic amines) is 1. The zero-order valence-electron chi connectivity index (χ0n) is 18.9. The number of hydrogen-bond acceptors (Lipinski definition) is 6. The molecule has 3 fully saturated rings. The molecule has 1 aromatic carbocycles. The van der Waals surface area contributed by atoms with Crippen LogP contribution in [0.1, 0.15) is 45.6 Å². The predicted octanol–water partition coefficient (Wildman–Crippen LogP) is 1.40. The van der Waals surface area contributed by atoms with Crippen molar-refractivity contribution < 1.29 is 29.0 Å². The summed E-state index contributed by atoms with van der Waals surface area (Å²) in [7, 11) is 0. The van der Waals surface area contributed by atoms with Gasteiger partial charge in [0.05, 0.1) is 30.8 Å². The molecule has 3 heterocycles. The first-order valence-corrected chi connectivity index (χ1v) is 11.5. The maximum Gasteiger partial charge on any atom is 0.312 e. The van der Waals surface area contributed by atoms with Gasteiger partial charge in [-0.1, -0.05) is 37.3 Å². The summed E-state index contributed by atoms with van der Waals surface area (Å²) in [6, 6.07) is 8.01. The monoisotopic (exact) mass is 444 g/mol. The van der Waals surface area contributed by atoms with E-state index in [-0.39, 0.29) is 25.0 Å². The van der Waals surface area contributed by atoms with Crippen molar-refractivity contribution in [3.8, 4) is 0 Å². The van der Waals surface area contributed by atoms with Gasteiger partial charge in [-0.3, -0.25) is 14.4 Å². The summed E-state index contributed by atoms with van der Waals surface area (Å²) in [5.74, 6) is -2.65. The standard InChI is InChI=1S/C24H32N2O6/c1-4-23-11-12-24(32-23)17(18(23)22(30)31-5-2)21(29)26(15(3)14-27)19(24)20(28)25-13-16-9-7-6-8-10-16/h6-10,15,17-19,27H,4-5,11-14H2,1-3H3,(H,25,28)/t15-,17+,18-,19?,23+,24?/m1/s1. The zero-order chi connectivity index (χ0) is 23.1. The molecule has 2 unspecified atom stereocenters. The Bertz CT molecular complexity index is 892. The molecule has 3 aliphatic rings. The van der Waals surface area contributed by atoms with Crippen LogP contribution in [0.5, 0.6) is 0 Å². The molecule has 174 valence electrons. The number of rotatable bonds is 8. The lowest BCUT2D eigenvalue weighted by Crippen LogP contribution is -2.57. The summed E-state index contributed by atoms with van der Waals surface area (Å²) in [4.78, 5) is 41.6. The summed E-state index contributed by atoms with van der Waals surface area (Å²) in [5, 5.41) is 12.8. The van der Waals surface area contributed by atoms with Gasteiger partial charge in [-0.15, -0.1) is 0 Å². The molecule has 32 heavy (non-hydrogen) atoms. The molecule has 1 aromatic rings. The van der Waals surface area contributed by atoms with E-state index in [9.17, 15) is 19.5 Å². The highest BCUT2D eigenvalue weighted by atomic mass is 16.6. The number of carbonyl (C=O) groups excluding carboxylic acids is 3. The summed E-state index contributed by atoms with van der Waals surface area (Å²) in [6.45, 7) is 5.61. The van der Waals surface area contributed by atoms with Gasteiger partial charge in [-0.2, -0.15) is 0 Å². The Hall–Kier alpha value is -2.45. The molecule has 8 nitrogen and oxygen atoms in total. The first-order chi connectivity index (χ1) is 15.3. The number of nitrogens with one attached hydrogen (secondary N) is 1. The first kappa shape index (κ1) is 22.7. The van der Waals surface area contributed by atoms with Crippen molar-refractivity contribution >= 4 is 17.8 Å². The number of fused-ring (bicyclic) bond motifs is 1. The molecule has 2 N–H and O–H groups in total. The van der Waals surface area contributed by atoms with Crippen LogP contribution in [0.15, 0.2) is 30.3 Å². The van der Waals surface area contributed by atoms with E-state index in [1.165, 1.54) is 4.90 Å². The van der Waals surface area contributed by atoms with Gasteiger partial charge < -0.3 is 24.8 Å². The van der Waals surface area contributed by atoms with E-state index in [2.05, 4.69) is 5.32 Å². The summed E-state index contributed by atoms with van der Waals surface area (Å²) in [5.41, 5.74) is -0.972. The number of aliphatic hydroxyl groups is 1. The van der Waals surface area contributed by atoms with Gasteiger partial charge in [-0.05, 0) is 38.7 Å². The lowest BCUT2D eigenvalue weighted by molar-refractivity contribution is -0.161. The van der Waals surface area contributed by atoms with Gasteiger partial charge >= 0.3 is 5.97 Å². The van der Waals surface area contributed by atoms with Crippen molar-refractivity contribution in [2.45, 2.75) is 69.9 Å². The predicted molar refractivity (Wildman–Crippen MR) is 115 cm³/mol. The molecule has 6 atom stereocenters. The molecule has 2 bridgehead atoms. The van der Waals surface area contributed by atoms with E-state index in [0.29, 0.717) is 25.8 Å². The molecule has 4 rings (SSSR count). The smallest absolute Gasteiger partial charge is 0.312 e. The highest BCUT2D eigenvalue weighted by Crippen LogP contribution is 2.64. The third-order valence-electron chi connectivity index (χ3n) is 7.46. The summed E-state index contributed by atoms with van der Waals surface area (Å²) >= 11 is 0. The summed E-state index contributed by atoms with van der Waals surface area (Å²) < 4.78 is 11.9. The Balaban J connectivity index is 1.71. The summed E-state index contributed by atoms with van der Waals surface area (Å²) in [6.07, 6.45) is 1.64. The second-order valence-corrected chi connectivity index (χ2v) is 9.07. The number of aliphatic hydroxyl groups excluding tert-OH is 1. The van der Waals surface area contributed by atoms with E-state index in [1.807, 2.05) is 37.3 Å². The molecule has 0 saturated carbocycles. The minimum Gasteiger partial charge on any atom is -0.466 e. The van der Waals surface area contributed by atoms with Crippen LogP contribution in [0.4, 0.5) is 0 Å². The fraction of sp³-hybridized carbons (Fsp3) is 0.625. The van der Waals surface area contributed by atoms with Crippen LogP contribution in [-0.2, 0) is 30.4 Å². The second kappa shape index (κ2) is 8.48. The average Bonchev–Trinajstić information content (AvgIpc) is 3.41. The van der Waals surface area contributed by atoms with Crippen molar-refractivity contribution in [3.63, 3.8) is 0 Å². The van der Waals surface area contributed by atoms with Gasteiger partial charge in [0.2, 0.25) is 11.8 Å². The van der Waals surface area contributed by atoms with Crippen LogP contribution in [0.2, 0.25) is 0 Å². The lowest BCUT2D eigenvalue weighted by atomic mass is 9.65. The number of esters is 1.